The van der Waals surface area contributed by atoms with Crippen LogP contribution < -0.4 is 0 Å². The Morgan fingerprint density at radius 1 is 1.28 bits per heavy atom. The molecule has 1 atom stereocenters. The minimum atomic E-state index is -0.645. The fourth-order valence-electron chi connectivity index (χ4n) is 2.09. The second kappa shape index (κ2) is 6.27. The molecule has 98 valence electrons. The molecule has 2 nitrogen and oxygen atoms in total. The van der Waals surface area contributed by atoms with Gasteiger partial charge in [0.1, 0.15) is 5.38 Å². The lowest BCUT2D eigenvalue weighted by Crippen LogP contribution is -2.37. The number of carbonyl (C=O) groups is 1. The van der Waals surface area contributed by atoms with Gasteiger partial charge in [-0.05, 0) is 52.9 Å². The lowest BCUT2D eigenvalue weighted by atomic mass is 10.1. The van der Waals surface area contributed by atoms with Gasteiger partial charge in [0.2, 0.25) is 5.91 Å². The van der Waals surface area contributed by atoms with E-state index in [0.717, 1.165) is 36.0 Å². The van der Waals surface area contributed by atoms with Crippen LogP contribution in [0.15, 0.2) is 22.7 Å². The zero-order valence-electron chi connectivity index (χ0n) is 9.83. The molecule has 1 saturated heterocycles. The second-order valence-corrected chi connectivity index (χ2v) is 6.12. The molecule has 5 heteroatoms. The van der Waals surface area contributed by atoms with Gasteiger partial charge in [-0.25, -0.2) is 0 Å². The van der Waals surface area contributed by atoms with E-state index in [4.69, 9.17) is 23.2 Å². The summed E-state index contributed by atoms with van der Waals surface area (Å²) >= 11 is 15.6. The van der Waals surface area contributed by atoms with Gasteiger partial charge in [0.05, 0.1) is 5.02 Å². The first kappa shape index (κ1) is 14.2. The molecule has 1 unspecified atom stereocenters. The van der Waals surface area contributed by atoms with Crippen molar-refractivity contribution in [3.8, 4) is 0 Å². The molecule has 0 aromatic heterocycles. The summed E-state index contributed by atoms with van der Waals surface area (Å²) in [6.07, 6.45) is 3.33. The average Bonchev–Trinajstić information content (AvgIpc) is 2.41. The van der Waals surface area contributed by atoms with E-state index in [2.05, 4.69) is 15.9 Å². The summed E-state index contributed by atoms with van der Waals surface area (Å²) in [5.74, 6) is -0.0187. The van der Waals surface area contributed by atoms with Crippen molar-refractivity contribution >= 4 is 45.0 Å². The Bertz CT molecular complexity index is 447. The number of nitrogens with zero attached hydrogens (tertiary/aromatic N) is 1. The van der Waals surface area contributed by atoms with E-state index in [1.807, 2.05) is 17.0 Å². The fraction of sp³-hybridized carbons (Fsp3) is 0.462. The topological polar surface area (TPSA) is 20.3 Å². The van der Waals surface area contributed by atoms with Crippen LogP contribution >= 0.6 is 39.1 Å². The predicted octanol–water partition coefficient (Wildman–Crippen LogP) is 4.39. The molecule has 0 bridgehead atoms. The highest BCUT2D eigenvalue weighted by Gasteiger charge is 2.25. The van der Waals surface area contributed by atoms with Crippen LogP contribution in [-0.4, -0.2) is 23.9 Å². The highest BCUT2D eigenvalue weighted by Crippen LogP contribution is 2.30. The lowest BCUT2D eigenvalue weighted by molar-refractivity contribution is -0.131. The van der Waals surface area contributed by atoms with Crippen molar-refractivity contribution in [3.63, 3.8) is 0 Å². The first-order chi connectivity index (χ1) is 8.59. The van der Waals surface area contributed by atoms with Crippen LogP contribution in [0.1, 0.15) is 30.2 Å². The maximum absolute atomic E-state index is 12.2. The van der Waals surface area contributed by atoms with Crippen LogP contribution in [0, 0.1) is 0 Å². The molecular weight excluding hydrogens is 337 g/mol. The van der Waals surface area contributed by atoms with Gasteiger partial charge in [-0.2, -0.15) is 0 Å². The molecule has 1 fully saturated rings. The molecule has 1 aliphatic rings. The molecule has 0 spiro atoms. The number of hydrogen-bond donors (Lipinski definition) is 0. The van der Waals surface area contributed by atoms with E-state index in [1.165, 1.54) is 6.42 Å². The van der Waals surface area contributed by atoms with Crippen molar-refractivity contribution in [1.82, 2.24) is 4.90 Å². The Kier molecular flexibility index (Phi) is 4.93. The van der Waals surface area contributed by atoms with Gasteiger partial charge in [0.25, 0.3) is 0 Å². The molecule has 0 N–H and O–H groups in total. The quantitative estimate of drug-likeness (QED) is 0.724. The highest BCUT2D eigenvalue weighted by molar-refractivity contribution is 9.10. The number of rotatable bonds is 2. The summed E-state index contributed by atoms with van der Waals surface area (Å²) < 4.78 is 0.808. The summed E-state index contributed by atoms with van der Waals surface area (Å²) in [5.41, 5.74) is 0.750. The number of hydrogen-bond acceptors (Lipinski definition) is 1. The van der Waals surface area contributed by atoms with Crippen LogP contribution in [-0.2, 0) is 4.79 Å². The SMILES string of the molecule is O=C(C(Cl)c1ccc(Br)c(Cl)c1)N1CCCCC1. The minimum absolute atomic E-state index is 0.0187. The summed E-state index contributed by atoms with van der Waals surface area (Å²) in [6, 6.07) is 5.39. The summed E-state index contributed by atoms with van der Waals surface area (Å²) in [4.78, 5) is 14.1. The lowest BCUT2D eigenvalue weighted by Gasteiger charge is -2.28. The van der Waals surface area contributed by atoms with Gasteiger partial charge in [0.15, 0.2) is 0 Å². The standard InChI is InChI=1S/C13H14BrCl2NO/c14-10-5-4-9(8-11(10)15)12(16)13(18)17-6-2-1-3-7-17/h4-5,8,12H,1-3,6-7H2. The Morgan fingerprint density at radius 2 is 1.94 bits per heavy atom. The van der Waals surface area contributed by atoms with E-state index in [-0.39, 0.29) is 5.91 Å². The van der Waals surface area contributed by atoms with Gasteiger partial charge < -0.3 is 4.90 Å². The maximum Gasteiger partial charge on any atom is 0.245 e. The van der Waals surface area contributed by atoms with Gasteiger partial charge >= 0.3 is 0 Å². The van der Waals surface area contributed by atoms with Crippen LogP contribution in [0.25, 0.3) is 0 Å². The molecule has 1 heterocycles. The van der Waals surface area contributed by atoms with Crippen LogP contribution in [0.4, 0.5) is 0 Å². The fourth-order valence-corrected chi connectivity index (χ4v) is 2.80. The highest BCUT2D eigenvalue weighted by atomic mass is 79.9. The number of halogens is 3. The van der Waals surface area contributed by atoms with Crippen molar-refractivity contribution in [1.29, 1.82) is 0 Å². The van der Waals surface area contributed by atoms with Crippen molar-refractivity contribution in [3.05, 3.63) is 33.3 Å². The smallest absolute Gasteiger partial charge is 0.245 e. The first-order valence-corrected chi connectivity index (χ1v) is 7.58. The summed E-state index contributed by atoms with van der Waals surface area (Å²) in [5, 5.41) is -0.0710. The number of amides is 1. The Labute approximate surface area is 125 Å². The Morgan fingerprint density at radius 3 is 2.56 bits per heavy atom. The summed E-state index contributed by atoms with van der Waals surface area (Å²) in [7, 11) is 0. The van der Waals surface area contributed by atoms with Crippen molar-refractivity contribution < 1.29 is 4.79 Å². The maximum atomic E-state index is 12.2. The van der Waals surface area contributed by atoms with Gasteiger partial charge in [-0.15, -0.1) is 11.6 Å². The number of benzene rings is 1. The van der Waals surface area contributed by atoms with E-state index in [9.17, 15) is 4.79 Å². The predicted molar refractivity (Wildman–Crippen MR) is 78.2 cm³/mol. The average molecular weight is 351 g/mol. The van der Waals surface area contributed by atoms with Gasteiger partial charge in [0, 0.05) is 17.6 Å². The molecule has 1 aliphatic heterocycles. The summed E-state index contributed by atoms with van der Waals surface area (Å²) in [6.45, 7) is 1.62. The van der Waals surface area contributed by atoms with Gasteiger partial charge in [-0.1, -0.05) is 17.7 Å². The largest absolute Gasteiger partial charge is 0.341 e. The van der Waals surface area contributed by atoms with Crippen LogP contribution in [0.2, 0.25) is 5.02 Å². The second-order valence-electron chi connectivity index (χ2n) is 4.42. The number of carbonyl (C=O) groups excluding carboxylic acids is 1. The third kappa shape index (κ3) is 3.19. The van der Waals surface area contributed by atoms with E-state index in [1.54, 1.807) is 6.07 Å². The van der Waals surface area contributed by atoms with E-state index in [0.29, 0.717) is 5.02 Å². The van der Waals surface area contributed by atoms with Crippen molar-refractivity contribution in [2.24, 2.45) is 0 Å². The number of alkyl halides is 1. The molecule has 1 aromatic rings. The molecule has 18 heavy (non-hydrogen) atoms. The first-order valence-electron chi connectivity index (χ1n) is 5.97. The molecule has 1 amide bonds. The van der Waals surface area contributed by atoms with E-state index >= 15 is 0 Å². The van der Waals surface area contributed by atoms with Crippen LogP contribution in [0.3, 0.4) is 0 Å². The Hall–Kier alpha value is -0.250. The third-order valence-electron chi connectivity index (χ3n) is 3.12. The molecule has 1 aromatic carbocycles. The third-order valence-corrected chi connectivity index (χ3v) is 4.79. The van der Waals surface area contributed by atoms with Crippen molar-refractivity contribution in [2.45, 2.75) is 24.6 Å². The Balaban J connectivity index is 2.11. The molecular formula is C13H14BrCl2NO. The molecule has 0 saturated carbocycles. The molecule has 0 radical (unpaired) electrons. The zero-order chi connectivity index (χ0) is 13.1. The monoisotopic (exact) mass is 349 g/mol. The van der Waals surface area contributed by atoms with Crippen molar-refractivity contribution in [2.75, 3.05) is 13.1 Å². The normalized spacial score (nSPS) is 17.6. The number of likely N-dealkylation sites (tertiary alicyclic amines) is 1. The minimum Gasteiger partial charge on any atom is -0.341 e. The zero-order valence-corrected chi connectivity index (χ0v) is 12.9. The molecule has 0 aliphatic carbocycles. The van der Waals surface area contributed by atoms with Crippen LogP contribution in [0.5, 0.6) is 0 Å². The molecule has 2 rings (SSSR count). The van der Waals surface area contributed by atoms with E-state index < -0.39 is 5.38 Å². The number of piperidine rings is 1. The van der Waals surface area contributed by atoms with Gasteiger partial charge in [-0.3, -0.25) is 4.79 Å².